The summed E-state index contributed by atoms with van der Waals surface area (Å²) in [5, 5.41) is 12.0. The third kappa shape index (κ3) is 5.69. The Labute approximate surface area is 186 Å². The Bertz CT molecular complexity index is 1080. The van der Waals surface area contributed by atoms with Gasteiger partial charge in [0.1, 0.15) is 5.82 Å². The Hall–Kier alpha value is -3.20. The number of hydrogen-bond acceptors (Lipinski definition) is 6. The number of aryl methyl sites for hydroxylation is 2. The van der Waals surface area contributed by atoms with Gasteiger partial charge >= 0.3 is 0 Å². The molecule has 0 fully saturated rings. The second kappa shape index (κ2) is 10.2. The van der Waals surface area contributed by atoms with E-state index in [-0.39, 0.29) is 24.1 Å². The van der Waals surface area contributed by atoms with Crippen LogP contribution in [0.3, 0.4) is 0 Å². The van der Waals surface area contributed by atoms with Crippen molar-refractivity contribution in [2.45, 2.75) is 32.5 Å². The number of thioether (sulfide) groups is 1. The van der Waals surface area contributed by atoms with Gasteiger partial charge in [0.05, 0.1) is 12.3 Å². The lowest BCUT2D eigenvalue weighted by Gasteiger charge is -2.16. The lowest BCUT2D eigenvalue weighted by molar-refractivity contribution is -0.131. The van der Waals surface area contributed by atoms with E-state index in [0.717, 1.165) is 22.5 Å². The Morgan fingerprint density at radius 1 is 1.16 bits per heavy atom. The van der Waals surface area contributed by atoms with Crippen molar-refractivity contribution < 1.29 is 9.59 Å². The van der Waals surface area contributed by atoms with Gasteiger partial charge in [-0.3, -0.25) is 9.59 Å². The van der Waals surface area contributed by atoms with E-state index in [9.17, 15) is 9.59 Å². The molecule has 2 aromatic heterocycles. The molecular formula is C22H26N6O2S. The number of carbonyl (C=O) groups excluding carboxylic acids is 2. The zero-order chi connectivity index (χ0) is 22.4. The molecule has 0 radical (unpaired) electrons. The lowest BCUT2D eigenvalue weighted by Crippen LogP contribution is -2.36. The minimum absolute atomic E-state index is 0.0516. The number of nitrogens with zero attached hydrogens (tertiary/aromatic N) is 5. The van der Waals surface area contributed by atoms with Gasteiger partial charge in [-0.2, -0.15) is 0 Å². The number of carbonyl (C=O) groups is 2. The summed E-state index contributed by atoms with van der Waals surface area (Å²) in [6, 6.07) is 11.6. The normalized spacial score (nSPS) is 10.7. The molecular weight excluding hydrogens is 412 g/mol. The largest absolute Gasteiger partial charge is 0.336 e. The maximum Gasteiger partial charge on any atom is 0.245 e. The molecule has 2 heterocycles. The molecule has 162 valence electrons. The van der Waals surface area contributed by atoms with Crippen LogP contribution in [0.25, 0.3) is 11.4 Å². The molecule has 1 N–H and O–H groups in total. The number of nitrogens with one attached hydrogen (secondary N) is 1. The predicted molar refractivity (Wildman–Crippen MR) is 122 cm³/mol. The van der Waals surface area contributed by atoms with Gasteiger partial charge in [0.15, 0.2) is 11.0 Å². The predicted octanol–water partition coefficient (Wildman–Crippen LogP) is 3.17. The van der Waals surface area contributed by atoms with E-state index in [1.165, 1.54) is 16.7 Å². The van der Waals surface area contributed by atoms with Crippen LogP contribution in [0.4, 0.5) is 5.82 Å². The van der Waals surface area contributed by atoms with E-state index in [1.807, 2.05) is 55.7 Å². The fraction of sp³-hybridized carbons (Fsp3) is 0.318. The topological polar surface area (TPSA) is 93.0 Å². The number of hydrogen-bond donors (Lipinski definition) is 1. The van der Waals surface area contributed by atoms with Crippen molar-refractivity contribution in [3.63, 3.8) is 0 Å². The van der Waals surface area contributed by atoms with Crippen molar-refractivity contribution >= 4 is 29.4 Å². The van der Waals surface area contributed by atoms with Gasteiger partial charge in [-0.15, -0.1) is 10.2 Å². The molecule has 0 aliphatic carbocycles. The van der Waals surface area contributed by atoms with Crippen LogP contribution in [0.2, 0.25) is 0 Å². The molecule has 1 aromatic carbocycles. The maximum absolute atomic E-state index is 12.5. The molecule has 0 saturated carbocycles. The van der Waals surface area contributed by atoms with Crippen molar-refractivity contribution in [3.8, 4) is 11.4 Å². The van der Waals surface area contributed by atoms with Crippen LogP contribution in [0.15, 0.2) is 47.8 Å². The second-order valence-corrected chi connectivity index (χ2v) is 8.11. The third-order valence-corrected chi connectivity index (χ3v) is 5.68. The van der Waals surface area contributed by atoms with Crippen LogP contribution in [-0.4, -0.2) is 55.8 Å². The molecule has 8 nitrogen and oxygen atoms in total. The van der Waals surface area contributed by atoms with Gasteiger partial charge in [-0.25, -0.2) is 4.98 Å². The third-order valence-electron chi connectivity index (χ3n) is 4.73. The number of pyridine rings is 1. The van der Waals surface area contributed by atoms with E-state index < -0.39 is 0 Å². The van der Waals surface area contributed by atoms with Gasteiger partial charge in [-0.1, -0.05) is 36.0 Å². The quantitative estimate of drug-likeness (QED) is 0.543. The molecule has 31 heavy (non-hydrogen) atoms. The Morgan fingerprint density at radius 3 is 2.65 bits per heavy atom. The van der Waals surface area contributed by atoms with Crippen molar-refractivity contribution in [3.05, 3.63) is 53.7 Å². The molecule has 3 rings (SSSR count). The SMILES string of the molecule is CCn1c(SCC(=O)N(C)CC(=O)Nc2cc(C)ccn2)nnc1-c1ccccc1C. The van der Waals surface area contributed by atoms with Crippen LogP contribution in [0, 0.1) is 13.8 Å². The minimum Gasteiger partial charge on any atom is -0.336 e. The van der Waals surface area contributed by atoms with Gasteiger partial charge in [0.25, 0.3) is 0 Å². The Balaban J connectivity index is 1.59. The van der Waals surface area contributed by atoms with E-state index in [1.54, 1.807) is 19.3 Å². The summed E-state index contributed by atoms with van der Waals surface area (Å²) in [5.74, 6) is 0.963. The highest BCUT2D eigenvalue weighted by atomic mass is 32.2. The lowest BCUT2D eigenvalue weighted by atomic mass is 10.1. The van der Waals surface area contributed by atoms with Crippen LogP contribution in [0.5, 0.6) is 0 Å². The summed E-state index contributed by atoms with van der Waals surface area (Å²) in [7, 11) is 1.61. The molecule has 9 heteroatoms. The second-order valence-electron chi connectivity index (χ2n) is 7.17. The van der Waals surface area contributed by atoms with Gasteiger partial charge < -0.3 is 14.8 Å². The Morgan fingerprint density at radius 2 is 1.94 bits per heavy atom. The van der Waals surface area contributed by atoms with E-state index in [4.69, 9.17) is 0 Å². The van der Waals surface area contributed by atoms with Crippen molar-refractivity contribution in [1.82, 2.24) is 24.6 Å². The molecule has 0 aliphatic rings. The first-order valence-corrected chi connectivity index (χ1v) is 11.0. The minimum atomic E-state index is -0.294. The van der Waals surface area contributed by atoms with Gasteiger partial charge in [-0.05, 0) is 44.0 Å². The molecule has 0 aliphatic heterocycles. The summed E-state index contributed by atoms with van der Waals surface area (Å²) in [5.41, 5.74) is 3.14. The van der Waals surface area contributed by atoms with Crippen LogP contribution in [-0.2, 0) is 16.1 Å². The monoisotopic (exact) mass is 438 g/mol. The van der Waals surface area contributed by atoms with Crippen LogP contribution in [0.1, 0.15) is 18.1 Å². The number of aromatic nitrogens is 4. The average molecular weight is 439 g/mol. The number of benzene rings is 1. The first-order chi connectivity index (χ1) is 14.9. The van der Waals surface area contributed by atoms with Crippen LogP contribution >= 0.6 is 11.8 Å². The highest BCUT2D eigenvalue weighted by molar-refractivity contribution is 7.99. The molecule has 0 unspecified atom stereocenters. The standard InChI is InChI=1S/C22H26N6O2S/c1-5-28-21(17-9-7-6-8-16(17)3)25-26-22(28)31-14-20(30)27(4)13-19(29)24-18-12-15(2)10-11-23-18/h6-12H,5,13-14H2,1-4H3,(H,23,24,29). The molecule has 0 saturated heterocycles. The Kier molecular flexibility index (Phi) is 7.41. The van der Waals surface area contributed by atoms with Crippen LogP contribution < -0.4 is 5.32 Å². The fourth-order valence-corrected chi connectivity index (χ4v) is 3.97. The molecule has 0 spiro atoms. The number of amides is 2. The summed E-state index contributed by atoms with van der Waals surface area (Å²) < 4.78 is 2.00. The van der Waals surface area contributed by atoms with Gasteiger partial charge in [0.2, 0.25) is 11.8 Å². The van der Waals surface area contributed by atoms with E-state index in [0.29, 0.717) is 17.5 Å². The van der Waals surface area contributed by atoms with Gasteiger partial charge in [0, 0.05) is 25.4 Å². The molecule has 3 aromatic rings. The maximum atomic E-state index is 12.5. The number of rotatable bonds is 8. The molecule has 0 bridgehead atoms. The highest BCUT2D eigenvalue weighted by Crippen LogP contribution is 2.26. The summed E-state index contributed by atoms with van der Waals surface area (Å²) in [4.78, 5) is 30.3. The highest BCUT2D eigenvalue weighted by Gasteiger charge is 2.18. The van der Waals surface area contributed by atoms with Crippen molar-refractivity contribution in [2.24, 2.45) is 0 Å². The summed E-state index contributed by atoms with van der Waals surface area (Å²) >= 11 is 1.32. The summed E-state index contributed by atoms with van der Waals surface area (Å²) in [6.07, 6.45) is 1.63. The smallest absolute Gasteiger partial charge is 0.245 e. The van der Waals surface area contributed by atoms with Crippen molar-refractivity contribution in [2.75, 3.05) is 24.7 Å². The van der Waals surface area contributed by atoms with E-state index >= 15 is 0 Å². The number of likely N-dealkylation sites (N-methyl/N-ethyl adjacent to an activating group) is 1. The van der Waals surface area contributed by atoms with Crippen molar-refractivity contribution in [1.29, 1.82) is 0 Å². The molecule has 0 atom stereocenters. The first-order valence-electron chi connectivity index (χ1n) is 9.97. The zero-order valence-electron chi connectivity index (χ0n) is 18.1. The first kappa shape index (κ1) is 22.5. The number of anilines is 1. The average Bonchev–Trinajstić information content (AvgIpc) is 3.14. The fourth-order valence-electron chi connectivity index (χ4n) is 3.03. The molecule has 2 amide bonds. The zero-order valence-corrected chi connectivity index (χ0v) is 18.9. The van der Waals surface area contributed by atoms with E-state index in [2.05, 4.69) is 20.5 Å². The summed E-state index contributed by atoms with van der Waals surface area (Å²) in [6.45, 7) is 6.61.